The van der Waals surface area contributed by atoms with Gasteiger partial charge in [-0.3, -0.25) is 4.31 Å². The van der Waals surface area contributed by atoms with Crippen molar-refractivity contribution in [2.24, 2.45) is 0 Å². The van der Waals surface area contributed by atoms with Crippen LogP contribution in [0.4, 0.5) is 14.5 Å². The zero-order chi connectivity index (χ0) is 26.7. The number of piperidine rings is 1. The molecule has 8 nitrogen and oxygen atoms in total. The summed E-state index contributed by atoms with van der Waals surface area (Å²) in [6.07, 6.45) is 0.327. The Labute approximate surface area is 221 Å². The Hall–Kier alpha value is -2.89. The summed E-state index contributed by atoms with van der Waals surface area (Å²) in [6.45, 7) is 5.14. The quantitative estimate of drug-likeness (QED) is 0.395. The Kier molecular flexibility index (Phi) is 8.06. The maximum Gasteiger partial charge on any atom is 0.314 e. The number of aryl methyl sites for hydroxylation is 1. The predicted octanol–water partition coefficient (Wildman–Crippen LogP) is 4.96. The third kappa shape index (κ3) is 5.89. The standard InChI is InChI=1S/C27H32F2N4O4S/c1-19-3-2-4-23(17-19)33(18-20-5-7-21(8-6-20)26-30-31-27(37-26)25(28)29)38(34,35)24-9-13-32(14-10-24)22-11-15-36-16-12-22/h2-8,17,22,24-25H,9-16,18H2,1H3. The summed E-state index contributed by atoms with van der Waals surface area (Å²) >= 11 is 0. The minimum absolute atomic E-state index is 0.00806. The van der Waals surface area contributed by atoms with Gasteiger partial charge >= 0.3 is 6.43 Å². The fraction of sp³-hybridized carbons (Fsp3) is 0.481. The number of sulfonamides is 1. The van der Waals surface area contributed by atoms with Crippen molar-refractivity contribution < 1.29 is 26.4 Å². The van der Waals surface area contributed by atoms with Gasteiger partial charge in [-0.1, -0.05) is 24.3 Å². The molecule has 38 heavy (non-hydrogen) atoms. The van der Waals surface area contributed by atoms with E-state index in [-0.39, 0.29) is 12.4 Å². The van der Waals surface area contributed by atoms with Crippen molar-refractivity contribution in [2.75, 3.05) is 30.6 Å². The van der Waals surface area contributed by atoms with Gasteiger partial charge in [0.25, 0.3) is 5.89 Å². The first-order valence-electron chi connectivity index (χ1n) is 12.9. The van der Waals surface area contributed by atoms with Crippen molar-refractivity contribution in [1.82, 2.24) is 15.1 Å². The molecule has 0 saturated carbocycles. The Bertz CT molecular complexity index is 1320. The molecule has 0 bridgehead atoms. The van der Waals surface area contributed by atoms with Crippen molar-refractivity contribution in [3.63, 3.8) is 0 Å². The molecule has 2 aromatic carbocycles. The third-order valence-electron chi connectivity index (χ3n) is 7.36. The van der Waals surface area contributed by atoms with E-state index in [1.165, 1.54) is 4.31 Å². The van der Waals surface area contributed by atoms with Crippen molar-refractivity contribution in [2.45, 2.75) is 56.9 Å². The van der Waals surface area contributed by atoms with Gasteiger partial charge in [-0.15, -0.1) is 10.2 Å². The molecule has 0 N–H and O–H groups in total. The summed E-state index contributed by atoms with van der Waals surface area (Å²) in [5, 5.41) is 6.58. The molecule has 3 heterocycles. The predicted molar refractivity (Wildman–Crippen MR) is 139 cm³/mol. The Morgan fingerprint density at radius 2 is 1.74 bits per heavy atom. The monoisotopic (exact) mass is 546 g/mol. The normalized spacial score (nSPS) is 18.2. The van der Waals surface area contributed by atoms with Crippen molar-refractivity contribution in [3.8, 4) is 11.5 Å². The highest BCUT2D eigenvalue weighted by Gasteiger charge is 2.37. The maximum absolute atomic E-state index is 14.0. The second-order valence-electron chi connectivity index (χ2n) is 9.91. The van der Waals surface area contributed by atoms with Crippen molar-refractivity contribution in [3.05, 3.63) is 65.5 Å². The third-order valence-corrected chi connectivity index (χ3v) is 9.62. The summed E-state index contributed by atoms with van der Waals surface area (Å²) in [7, 11) is -3.66. The molecule has 2 fully saturated rings. The summed E-state index contributed by atoms with van der Waals surface area (Å²) < 4.78 is 65.7. The van der Waals surface area contributed by atoms with Crippen molar-refractivity contribution >= 4 is 15.7 Å². The van der Waals surface area contributed by atoms with E-state index in [0.29, 0.717) is 30.1 Å². The fourth-order valence-electron chi connectivity index (χ4n) is 5.24. The number of anilines is 1. The van der Waals surface area contributed by atoms with E-state index in [4.69, 9.17) is 9.15 Å². The molecule has 0 spiro atoms. The largest absolute Gasteiger partial charge is 0.415 e. The van der Waals surface area contributed by atoms with Gasteiger partial charge in [0.05, 0.1) is 17.5 Å². The molecule has 5 rings (SSSR count). The molecular weight excluding hydrogens is 514 g/mol. The SMILES string of the molecule is Cc1cccc(N(Cc2ccc(-c3nnc(C(F)F)o3)cc2)S(=O)(=O)C2CCN(C3CCOCC3)CC2)c1. The van der Waals surface area contributed by atoms with E-state index in [1.807, 2.05) is 31.2 Å². The number of aromatic nitrogens is 2. The molecule has 204 valence electrons. The number of hydrogen-bond donors (Lipinski definition) is 0. The number of likely N-dealkylation sites (tertiary alicyclic amines) is 1. The number of halogens is 2. The lowest BCUT2D eigenvalue weighted by Gasteiger charge is -2.40. The number of alkyl halides is 2. The summed E-state index contributed by atoms with van der Waals surface area (Å²) in [4.78, 5) is 2.42. The highest BCUT2D eigenvalue weighted by atomic mass is 32.2. The zero-order valence-corrected chi connectivity index (χ0v) is 22.1. The lowest BCUT2D eigenvalue weighted by atomic mass is 10.0. The zero-order valence-electron chi connectivity index (χ0n) is 21.3. The lowest BCUT2D eigenvalue weighted by Crippen LogP contribution is -2.49. The van der Waals surface area contributed by atoms with Gasteiger partial charge in [0.1, 0.15) is 0 Å². The number of benzene rings is 2. The van der Waals surface area contributed by atoms with E-state index in [9.17, 15) is 17.2 Å². The Balaban J connectivity index is 1.35. The lowest BCUT2D eigenvalue weighted by molar-refractivity contribution is 0.0277. The van der Waals surface area contributed by atoms with Crippen LogP contribution in [0.2, 0.25) is 0 Å². The molecule has 0 radical (unpaired) electrons. The van der Waals surface area contributed by atoms with E-state index < -0.39 is 27.6 Å². The topological polar surface area (TPSA) is 88.8 Å². The Morgan fingerprint density at radius 3 is 2.37 bits per heavy atom. The second kappa shape index (κ2) is 11.5. The smallest absolute Gasteiger partial charge is 0.314 e. The minimum Gasteiger partial charge on any atom is -0.415 e. The van der Waals surface area contributed by atoms with Crippen LogP contribution < -0.4 is 4.31 Å². The molecule has 0 atom stereocenters. The van der Waals surface area contributed by atoms with Crippen LogP contribution in [-0.4, -0.2) is 61.1 Å². The van der Waals surface area contributed by atoms with E-state index in [0.717, 1.165) is 50.3 Å². The highest BCUT2D eigenvalue weighted by Crippen LogP contribution is 2.31. The molecule has 0 aliphatic carbocycles. The first-order chi connectivity index (χ1) is 18.3. The van der Waals surface area contributed by atoms with Gasteiger partial charge in [0.2, 0.25) is 15.9 Å². The fourth-order valence-corrected chi connectivity index (χ4v) is 7.14. The van der Waals surface area contributed by atoms with E-state index >= 15 is 0 Å². The van der Waals surface area contributed by atoms with Gasteiger partial charge in [-0.2, -0.15) is 8.78 Å². The van der Waals surface area contributed by atoms with Crippen LogP contribution in [0.3, 0.4) is 0 Å². The molecule has 11 heteroatoms. The molecule has 2 aliphatic rings. The molecule has 0 unspecified atom stereocenters. The van der Waals surface area contributed by atoms with Gasteiger partial charge in [-0.05, 0) is 81.1 Å². The van der Waals surface area contributed by atoms with Crippen LogP contribution in [-0.2, 0) is 21.3 Å². The summed E-state index contributed by atoms with van der Waals surface area (Å²) in [6, 6.07) is 14.8. The molecule has 1 aromatic heterocycles. The number of ether oxygens (including phenoxy) is 1. The minimum atomic E-state index is -3.66. The van der Waals surface area contributed by atoms with E-state index in [1.54, 1.807) is 24.3 Å². The number of nitrogens with zero attached hydrogens (tertiary/aromatic N) is 4. The van der Waals surface area contributed by atoms with Crippen LogP contribution in [0.25, 0.3) is 11.5 Å². The van der Waals surface area contributed by atoms with Gasteiger partial charge < -0.3 is 14.1 Å². The number of hydrogen-bond acceptors (Lipinski definition) is 7. The van der Waals surface area contributed by atoms with Gasteiger partial charge in [-0.25, -0.2) is 8.42 Å². The second-order valence-corrected chi connectivity index (χ2v) is 12.0. The van der Waals surface area contributed by atoms with Gasteiger partial charge in [0, 0.05) is 24.8 Å². The van der Waals surface area contributed by atoms with E-state index in [2.05, 4.69) is 15.1 Å². The first kappa shape index (κ1) is 26.7. The van der Waals surface area contributed by atoms with Crippen LogP contribution in [0.1, 0.15) is 49.1 Å². The van der Waals surface area contributed by atoms with Gasteiger partial charge in [0.15, 0.2) is 0 Å². The average Bonchev–Trinajstić information content (AvgIpc) is 3.43. The molecule has 0 amide bonds. The average molecular weight is 547 g/mol. The summed E-state index contributed by atoms with van der Waals surface area (Å²) in [5.74, 6) is -0.741. The Morgan fingerprint density at radius 1 is 1.03 bits per heavy atom. The van der Waals surface area contributed by atoms with Crippen LogP contribution in [0, 0.1) is 6.92 Å². The molecule has 3 aromatic rings. The summed E-state index contributed by atoms with van der Waals surface area (Å²) in [5.41, 5.74) is 2.84. The maximum atomic E-state index is 14.0. The molecular formula is C27H32F2N4O4S. The van der Waals surface area contributed by atoms with Crippen LogP contribution in [0.5, 0.6) is 0 Å². The number of rotatable bonds is 8. The molecule has 2 saturated heterocycles. The van der Waals surface area contributed by atoms with Crippen LogP contribution in [0.15, 0.2) is 52.9 Å². The molecule has 2 aliphatic heterocycles. The van der Waals surface area contributed by atoms with Crippen molar-refractivity contribution in [1.29, 1.82) is 0 Å². The van der Waals surface area contributed by atoms with Crippen LogP contribution >= 0.6 is 0 Å². The highest BCUT2D eigenvalue weighted by molar-refractivity contribution is 7.93. The first-order valence-corrected chi connectivity index (χ1v) is 14.4.